The number of quaternary nitrogens is 1. The van der Waals surface area contributed by atoms with Gasteiger partial charge in [0.05, 0.1) is 13.1 Å². The molecule has 2 aromatic rings. The molecule has 1 aromatic heterocycles. The van der Waals surface area contributed by atoms with Crippen molar-refractivity contribution in [3.05, 3.63) is 35.5 Å². The maximum absolute atomic E-state index is 12.8. The Kier molecular flexibility index (Phi) is 3.87. The van der Waals surface area contributed by atoms with Gasteiger partial charge in [-0.3, -0.25) is 4.79 Å². The summed E-state index contributed by atoms with van der Waals surface area (Å²) >= 11 is 0. The highest BCUT2D eigenvalue weighted by Crippen LogP contribution is 2.27. The van der Waals surface area contributed by atoms with Crippen LogP contribution in [0.4, 0.5) is 0 Å². The van der Waals surface area contributed by atoms with E-state index in [-0.39, 0.29) is 0 Å². The highest BCUT2D eigenvalue weighted by molar-refractivity contribution is 5.86. The molecule has 2 aliphatic heterocycles. The van der Waals surface area contributed by atoms with E-state index in [2.05, 4.69) is 48.0 Å². The van der Waals surface area contributed by atoms with E-state index >= 15 is 0 Å². The summed E-state index contributed by atoms with van der Waals surface area (Å²) in [6, 6.07) is 8.43. The zero-order chi connectivity index (χ0) is 16.7. The van der Waals surface area contributed by atoms with Crippen LogP contribution in [0.15, 0.2) is 24.3 Å². The number of carbonyl (C=O) groups is 1. The van der Waals surface area contributed by atoms with Crippen molar-refractivity contribution >= 4 is 16.8 Å². The number of hydrogen-bond acceptors (Lipinski definition) is 1. The Balaban J connectivity index is 1.47. The first-order valence-electron chi connectivity index (χ1n) is 9.22. The van der Waals surface area contributed by atoms with Crippen molar-refractivity contribution in [1.29, 1.82) is 0 Å². The third-order valence-electron chi connectivity index (χ3n) is 5.75. The predicted octanol–water partition coefficient (Wildman–Crippen LogP) is 1.76. The molecule has 1 fully saturated rings. The summed E-state index contributed by atoms with van der Waals surface area (Å²) in [5, 5.41) is 1.27. The van der Waals surface area contributed by atoms with Crippen molar-refractivity contribution in [3.8, 4) is 0 Å². The summed E-state index contributed by atoms with van der Waals surface area (Å²) in [6.07, 6.45) is 3.46. The van der Waals surface area contributed by atoms with Crippen molar-refractivity contribution in [2.75, 3.05) is 26.2 Å². The average molecular weight is 326 g/mol. The van der Waals surface area contributed by atoms with Crippen molar-refractivity contribution in [1.82, 2.24) is 9.88 Å². The van der Waals surface area contributed by atoms with Gasteiger partial charge in [0, 0.05) is 47.1 Å². The number of amides is 1. The Hall–Kier alpha value is -1.81. The minimum atomic E-state index is 0.318. The highest BCUT2D eigenvalue weighted by Gasteiger charge is 2.32. The van der Waals surface area contributed by atoms with Gasteiger partial charge in [-0.05, 0) is 18.9 Å². The molecule has 4 rings (SSSR count). The molecule has 4 heteroatoms. The number of aromatic amines is 1. The smallest absolute Gasteiger partial charge is 0.278 e. The number of rotatable bonds is 2. The molecule has 1 amide bonds. The van der Waals surface area contributed by atoms with Gasteiger partial charge >= 0.3 is 0 Å². The summed E-state index contributed by atoms with van der Waals surface area (Å²) in [5.74, 6) is 0.318. The summed E-state index contributed by atoms with van der Waals surface area (Å²) in [5.41, 5.74) is 4.20. The number of hydrogen-bond donors (Lipinski definition) is 2. The number of likely N-dealkylation sites (tertiary alicyclic amines) is 1. The minimum Gasteiger partial charge on any atom is -0.358 e. The molecule has 1 saturated heterocycles. The maximum atomic E-state index is 12.8. The van der Waals surface area contributed by atoms with Crippen LogP contribution in [-0.2, 0) is 17.8 Å². The van der Waals surface area contributed by atoms with Crippen LogP contribution in [0.3, 0.4) is 0 Å². The maximum Gasteiger partial charge on any atom is 0.278 e. The van der Waals surface area contributed by atoms with Crippen molar-refractivity contribution in [3.63, 3.8) is 0 Å². The third-order valence-corrected chi connectivity index (χ3v) is 5.75. The fourth-order valence-electron chi connectivity index (χ4n) is 4.53. The van der Waals surface area contributed by atoms with Crippen LogP contribution >= 0.6 is 0 Å². The van der Waals surface area contributed by atoms with Gasteiger partial charge in [-0.1, -0.05) is 32.0 Å². The molecule has 24 heavy (non-hydrogen) atoms. The van der Waals surface area contributed by atoms with Gasteiger partial charge in [-0.25, -0.2) is 0 Å². The lowest BCUT2D eigenvalue weighted by Gasteiger charge is -2.36. The first kappa shape index (κ1) is 15.7. The van der Waals surface area contributed by atoms with Gasteiger partial charge in [-0.15, -0.1) is 0 Å². The molecule has 3 heterocycles. The fraction of sp³-hybridized carbons (Fsp3) is 0.550. The normalized spacial score (nSPS) is 23.2. The molecule has 128 valence electrons. The number of carbonyl (C=O) groups excluding carboxylic acids is 1. The molecular formula is C20H28N3O+. The summed E-state index contributed by atoms with van der Waals surface area (Å²) in [6.45, 7) is 9.17. The molecule has 0 saturated carbocycles. The zero-order valence-corrected chi connectivity index (χ0v) is 14.8. The zero-order valence-electron chi connectivity index (χ0n) is 14.8. The van der Waals surface area contributed by atoms with Crippen molar-refractivity contribution in [2.24, 2.45) is 5.41 Å². The molecule has 1 aromatic carbocycles. The van der Waals surface area contributed by atoms with E-state index in [0.717, 1.165) is 32.6 Å². The van der Waals surface area contributed by atoms with Gasteiger partial charge in [0.25, 0.3) is 5.91 Å². The first-order chi connectivity index (χ1) is 11.5. The van der Waals surface area contributed by atoms with E-state index < -0.39 is 0 Å². The number of nitrogens with one attached hydrogen (secondary N) is 2. The van der Waals surface area contributed by atoms with Crippen LogP contribution in [0.25, 0.3) is 10.9 Å². The van der Waals surface area contributed by atoms with Gasteiger partial charge in [0.1, 0.15) is 0 Å². The van der Waals surface area contributed by atoms with Crippen LogP contribution in [0.5, 0.6) is 0 Å². The lowest BCUT2D eigenvalue weighted by atomic mass is 9.84. The minimum absolute atomic E-state index is 0.318. The van der Waals surface area contributed by atoms with E-state index in [9.17, 15) is 4.79 Å². The monoisotopic (exact) mass is 326 g/mol. The molecule has 0 spiro atoms. The van der Waals surface area contributed by atoms with E-state index in [1.165, 1.54) is 39.9 Å². The Morgan fingerprint density at radius 3 is 3.00 bits per heavy atom. The number of fused-ring (bicyclic) bond motifs is 3. The fourth-order valence-corrected chi connectivity index (χ4v) is 4.53. The highest BCUT2D eigenvalue weighted by atomic mass is 16.2. The predicted molar refractivity (Wildman–Crippen MR) is 96.0 cm³/mol. The number of nitrogens with zero attached hydrogens (tertiary/aromatic N) is 1. The molecule has 1 unspecified atom stereocenters. The van der Waals surface area contributed by atoms with Gasteiger partial charge in [-0.2, -0.15) is 0 Å². The summed E-state index contributed by atoms with van der Waals surface area (Å²) in [4.78, 5) is 19.9. The van der Waals surface area contributed by atoms with E-state index in [0.29, 0.717) is 17.9 Å². The van der Waals surface area contributed by atoms with Crippen LogP contribution in [0.2, 0.25) is 0 Å². The molecule has 1 atom stereocenters. The standard InChI is InChI=1S/C20H27N3O/c1-20(2)9-5-10-22(14-20)13-19(24)23-11-8-18-16(12-23)15-6-3-4-7-17(15)21-18/h3-4,6-7,21H,5,8-14H2,1-2H3/p+1. The van der Waals surface area contributed by atoms with Gasteiger partial charge in [0.2, 0.25) is 0 Å². The van der Waals surface area contributed by atoms with Gasteiger partial charge in [0.15, 0.2) is 6.54 Å². The van der Waals surface area contributed by atoms with Gasteiger partial charge < -0.3 is 14.8 Å². The third kappa shape index (κ3) is 2.95. The summed E-state index contributed by atoms with van der Waals surface area (Å²) < 4.78 is 0. The summed E-state index contributed by atoms with van der Waals surface area (Å²) in [7, 11) is 0. The molecule has 0 radical (unpaired) electrons. The van der Waals surface area contributed by atoms with E-state index in [4.69, 9.17) is 0 Å². The quantitative estimate of drug-likeness (QED) is 0.867. The van der Waals surface area contributed by atoms with Crippen LogP contribution in [0, 0.1) is 5.41 Å². The van der Waals surface area contributed by atoms with Crippen LogP contribution in [0.1, 0.15) is 37.9 Å². The second-order valence-electron chi connectivity index (χ2n) is 8.31. The topological polar surface area (TPSA) is 40.5 Å². The van der Waals surface area contributed by atoms with Crippen molar-refractivity contribution < 1.29 is 9.69 Å². The Morgan fingerprint density at radius 1 is 1.33 bits per heavy atom. The average Bonchev–Trinajstić information content (AvgIpc) is 2.91. The molecule has 2 aliphatic rings. The number of H-pyrrole nitrogens is 1. The number of benzene rings is 1. The Morgan fingerprint density at radius 2 is 2.17 bits per heavy atom. The second-order valence-corrected chi connectivity index (χ2v) is 8.31. The lowest BCUT2D eigenvalue weighted by molar-refractivity contribution is -0.904. The molecule has 0 bridgehead atoms. The Labute approximate surface area is 143 Å². The van der Waals surface area contributed by atoms with E-state index in [1.807, 2.05) is 0 Å². The molecule has 0 aliphatic carbocycles. The first-order valence-corrected chi connectivity index (χ1v) is 9.22. The number of para-hydroxylation sites is 1. The lowest BCUT2D eigenvalue weighted by Crippen LogP contribution is -3.15. The SMILES string of the molecule is CC1(C)CCC[NH+](CC(=O)N2CCc3[nH]c4ccccc4c3C2)C1. The van der Waals surface area contributed by atoms with Crippen LogP contribution < -0.4 is 4.90 Å². The Bertz CT molecular complexity index is 761. The number of piperidine rings is 1. The molecule has 2 N–H and O–H groups in total. The number of aromatic nitrogens is 1. The van der Waals surface area contributed by atoms with E-state index in [1.54, 1.807) is 0 Å². The molecule has 4 nitrogen and oxygen atoms in total. The second kappa shape index (κ2) is 5.92. The van der Waals surface area contributed by atoms with Crippen LogP contribution in [-0.4, -0.2) is 42.0 Å². The largest absolute Gasteiger partial charge is 0.358 e. The van der Waals surface area contributed by atoms with Crippen molar-refractivity contribution in [2.45, 2.75) is 39.7 Å². The molecular weight excluding hydrogens is 298 g/mol.